The van der Waals surface area contributed by atoms with Crippen molar-refractivity contribution in [2.24, 2.45) is 0 Å². The van der Waals surface area contributed by atoms with Gasteiger partial charge in [0.2, 0.25) is 0 Å². The number of thiocarbonyl (C=S) groups is 1. The number of nitrogens with zero attached hydrogens (tertiary/aromatic N) is 2. The van der Waals surface area contributed by atoms with Gasteiger partial charge in [0.05, 0.1) is 15.6 Å². The summed E-state index contributed by atoms with van der Waals surface area (Å²) in [5, 5.41) is 2.31. The van der Waals surface area contributed by atoms with Crippen molar-refractivity contribution in [3.05, 3.63) is 103 Å². The van der Waals surface area contributed by atoms with E-state index >= 15 is 0 Å². The summed E-state index contributed by atoms with van der Waals surface area (Å²) in [6.07, 6.45) is 3.96. The number of carbonyl (C=O) groups is 1. The molecule has 164 valence electrons. The van der Waals surface area contributed by atoms with Crippen LogP contribution < -0.4 is 4.90 Å². The first-order valence-electron chi connectivity index (χ1n) is 9.96. The zero-order valence-electron chi connectivity index (χ0n) is 17.0. The highest BCUT2D eigenvalue weighted by molar-refractivity contribution is 9.10. The van der Waals surface area contributed by atoms with Crippen LogP contribution in [0, 0.1) is 0 Å². The van der Waals surface area contributed by atoms with Crippen molar-refractivity contribution in [2.45, 2.75) is 6.54 Å². The van der Waals surface area contributed by atoms with E-state index in [1.165, 1.54) is 16.7 Å². The Labute approximate surface area is 219 Å². The van der Waals surface area contributed by atoms with E-state index in [0.29, 0.717) is 26.5 Å². The number of hydrogen-bond acceptors (Lipinski definition) is 3. The Kier molecular flexibility index (Phi) is 6.38. The summed E-state index contributed by atoms with van der Waals surface area (Å²) >= 11 is 22.8. The molecule has 5 rings (SSSR count). The molecule has 0 radical (unpaired) electrons. The Bertz CT molecular complexity index is 1460. The first-order valence-corrected chi connectivity index (χ1v) is 12.7. The Hall–Kier alpha value is -2.09. The van der Waals surface area contributed by atoms with Crippen molar-refractivity contribution >= 4 is 96.0 Å². The van der Waals surface area contributed by atoms with Gasteiger partial charge in [-0.1, -0.05) is 83.6 Å². The van der Waals surface area contributed by atoms with E-state index < -0.39 is 0 Å². The minimum absolute atomic E-state index is 0.161. The number of halogens is 3. The number of para-hydroxylation sites is 1. The van der Waals surface area contributed by atoms with Gasteiger partial charge in [0.25, 0.3) is 5.91 Å². The van der Waals surface area contributed by atoms with Crippen molar-refractivity contribution in [1.29, 1.82) is 0 Å². The van der Waals surface area contributed by atoms with Crippen LogP contribution in [0.15, 0.2) is 82.3 Å². The molecule has 1 aromatic heterocycles. The minimum Gasteiger partial charge on any atom is -0.342 e. The highest BCUT2D eigenvalue weighted by Gasteiger charge is 2.33. The van der Waals surface area contributed by atoms with Crippen molar-refractivity contribution in [1.82, 2.24) is 4.57 Å². The fraction of sp³-hybridized carbons (Fsp3) is 0.0400. The molecule has 0 bridgehead atoms. The maximum atomic E-state index is 13.3. The van der Waals surface area contributed by atoms with Gasteiger partial charge < -0.3 is 4.57 Å². The number of hydrogen-bond donors (Lipinski definition) is 0. The Morgan fingerprint density at radius 2 is 1.76 bits per heavy atom. The SMILES string of the molecule is O=C1/C(=C\c2cn(Cc3ccccc3Cl)c3ccccc23)SC(=S)N1c1ccc(Br)c(Cl)c1. The molecule has 4 aromatic rings. The van der Waals surface area contributed by atoms with Crippen LogP contribution in [0.5, 0.6) is 0 Å². The molecule has 0 N–H and O–H groups in total. The van der Waals surface area contributed by atoms with E-state index in [9.17, 15) is 4.79 Å². The molecule has 1 aliphatic rings. The Morgan fingerprint density at radius 1 is 1.00 bits per heavy atom. The lowest BCUT2D eigenvalue weighted by Gasteiger charge is -2.15. The monoisotopic (exact) mass is 572 g/mol. The Morgan fingerprint density at radius 3 is 2.55 bits per heavy atom. The molecule has 0 unspecified atom stereocenters. The highest BCUT2D eigenvalue weighted by Crippen LogP contribution is 2.39. The first-order chi connectivity index (χ1) is 15.9. The van der Waals surface area contributed by atoms with Crippen molar-refractivity contribution in [3.63, 3.8) is 0 Å². The van der Waals surface area contributed by atoms with Gasteiger partial charge in [-0.15, -0.1) is 0 Å². The lowest BCUT2D eigenvalue weighted by atomic mass is 10.1. The third-order valence-corrected chi connectivity index (χ3v) is 8.26. The van der Waals surface area contributed by atoms with Gasteiger partial charge in [0.1, 0.15) is 0 Å². The summed E-state index contributed by atoms with van der Waals surface area (Å²) in [5.41, 5.74) is 3.70. The fourth-order valence-corrected chi connectivity index (χ4v) is 5.69. The van der Waals surface area contributed by atoms with Crippen LogP contribution in [0.1, 0.15) is 11.1 Å². The zero-order chi connectivity index (χ0) is 23.1. The molecule has 0 spiro atoms. The summed E-state index contributed by atoms with van der Waals surface area (Å²) in [7, 11) is 0. The topological polar surface area (TPSA) is 25.2 Å². The minimum atomic E-state index is -0.161. The van der Waals surface area contributed by atoms with Gasteiger partial charge in [-0.2, -0.15) is 0 Å². The van der Waals surface area contributed by atoms with Gasteiger partial charge in [-0.3, -0.25) is 9.69 Å². The van der Waals surface area contributed by atoms with E-state index in [0.717, 1.165) is 31.5 Å². The van der Waals surface area contributed by atoms with Gasteiger partial charge in [-0.05, 0) is 57.9 Å². The fourth-order valence-electron chi connectivity index (χ4n) is 3.79. The van der Waals surface area contributed by atoms with Crippen LogP contribution in [0.3, 0.4) is 0 Å². The average Bonchev–Trinajstić information content (AvgIpc) is 3.28. The normalized spacial score (nSPS) is 15.2. The molecule has 0 atom stereocenters. The van der Waals surface area contributed by atoms with E-state index in [1.807, 2.05) is 54.6 Å². The number of fused-ring (bicyclic) bond motifs is 1. The first kappa shape index (κ1) is 22.7. The van der Waals surface area contributed by atoms with E-state index in [-0.39, 0.29) is 5.91 Å². The number of anilines is 1. The van der Waals surface area contributed by atoms with E-state index in [4.69, 9.17) is 35.4 Å². The second-order valence-corrected chi connectivity index (χ2v) is 10.8. The van der Waals surface area contributed by atoms with Gasteiger partial charge in [0, 0.05) is 38.7 Å². The standard InChI is InChI=1S/C25H15BrCl2N2OS2/c26-19-10-9-17(12-21(19)28)30-24(31)23(33-25(30)32)11-16-14-29(22-8-4-2-6-18(16)22)13-15-5-1-3-7-20(15)27/h1-12,14H,13H2/b23-11+. The van der Waals surface area contributed by atoms with E-state index in [2.05, 4.69) is 38.8 Å². The lowest BCUT2D eigenvalue weighted by Crippen LogP contribution is -2.27. The number of rotatable bonds is 4. The lowest BCUT2D eigenvalue weighted by molar-refractivity contribution is -0.113. The molecule has 1 saturated heterocycles. The molecule has 2 heterocycles. The molecule has 1 aliphatic heterocycles. The smallest absolute Gasteiger partial charge is 0.270 e. The predicted octanol–water partition coefficient (Wildman–Crippen LogP) is 8.16. The van der Waals surface area contributed by atoms with Crippen LogP contribution in [0.2, 0.25) is 10.0 Å². The Balaban J connectivity index is 1.53. The second-order valence-electron chi connectivity index (χ2n) is 7.44. The quantitative estimate of drug-likeness (QED) is 0.182. The van der Waals surface area contributed by atoms with Crippen molar-refractivity contribution in [2.75, 3.05) is 4.90 Å². The molecular weight excluding hydrogens is 559 g/mol. The summed E-state index contributed by atoms with van der Waals surface area (Å²) in [5.74, 6) is -0.161. The zero-order valence-corrected chi connectivity index (χ0v) is 21.7. The van der Waals surface area contributed by atoms with Gasteiger partial charge >= 0.3 is 0 Å². The maximum absolute atomic E-state index is 13.3. The van der Waals surface area contributed by atoms with Crippen LogP contribution >= 0.6 is 63.1 Å². The molecule has 3 aromatic carbocycles. The van der Waals surface area contributed by atoms with Crippen molar-refractivity contribution < 1.29 is 4.79 Å². The number of benzene rings is 3. The molecule has 33 heavy (non-hydrogen) atoms. The molecular formula is C25H15BrCl2N2OS2. The summed E-state index contributed by atoms with van der Waals surface area (Å²) in [4.78, 5) is 15.4. The summed E-state index contributed by atoms with van der Waals surface area (Å²) < 4.78 is 3.39. The van der Waals surface area contributed by atoms with Crippen LogP contribution in [0.25, 0.3) is 17.0 Å². The third kappa shape index (κ3) is 4.38. The summed E-state index contributed by atoms with van der Waals surface area (Å²) in [6, 6.07) is 21.3. The van der Waals surface area contributed by atoms with Crippen LogP contribution in [-0.4, -0.2) is 14.8 Å². The highest BCUT2D eigenvalue weighted by atomic mass is 79.9. The molecule has 1 amide bonds. The second kappa shape index (κ2) is 9.28. The predicted molar refractivity (Wildman–Crippen MR) is 147 cm³/mol. The molecule has 8 heteroatoms. The molecule has 3 nitrogen and oxygen atoms in total. The van der Waals surface area contributed by atoms with E-state index in [1.54, 1.807) is 6.07 Å². The number of thioether (sulfide) groups is 1. The maximum Gasteiger partial charge on any atom is 0.270 e. The molecule has 0 saturated carbocycles. The van der Waals surface area contributed by atoms with Crippen LogP contribution in [-0.2, 0) is 11.3 Å². The largest absolute Gasteiger partial charge is 0.342 e. The van der Waals surface area contributed by atoms with Gasteiger partial charge in [0.15, 0.2) is 4.32 Å². The number of amides is 1. The summed E-state index contributed by atoms with van der Waals surface area (Å²) in [6.45, 7) is 0.631. The van der Waals surface area contributed by atoms with Crippen molar-refractivity contribution in [3.8, 4) is 0 Å². The number of aromatic nitrogens is 1. The number of carbonyl (C=O) groups excluding carboxylic acids is 1. The average molecular weight is 574 g/mol. The third-order valence-electron chi connectivity index (χ3n) is 5.36. The molecule has 0 aliphatic carbocycles. The van der Waals surface area contributed by atoms with Crippen LogP contribution in [0.4, 0.5) is 5.69 Å². The van der Waals surface area contributed by atoms with Gasteiger partial charge in [-0.25, -0.2) is 0 Å². The molecule has 1 fully saturated rings.